The lowest BCUT2D eigenvalue weighted by atomic mass is 10.1. The normalized spacial score (nSPS) is 12.0. The lowest BCUT2D eigenvalue weighted by Crippen LogP contribution is -2.45. The minimum Gasteiger partial charge on any atom is -0.465 e. The van der Waals surface area contributed by atoms with Crippen molar-refractivity contribution in [3.63, 3.8) is 0 Å². The Morgan fingerprint density at radius 3 is 2.59 bits per heavy atom. The number of hydrogen-bond acceptors (Lipinski definition) is 4. The molecule has 0 aliphatic rings. The smallest absolute Gasteiger partial charge is 0.407 e. The summed E-state index contributed by atoms with van der Waals surface area (Å²) < 4.78 is 2.22. The standard InChI is InChI=1S/C22H31N5O2/c1-5-6-12-17-25-18-19(15-10-7-8-11-16(15)24-20(18)23)26(17)13-9-14-27(21(28)29)22(2,3)4/h7-8,10-11H,5-6,9,12-14H2,1-4H3,(H2,23,24)(H,28,29). The van der Waals surface area contributed by atoms with Crippen LogP contribution in [0.15, 0.2) is 24.3 Å². The number of carbonyl (C=O) groups is 1. The summed E-state index contributed by atoms with van der Waals surface area (Å²) in [6.07, 6.45) is 2.79. The van der Waals surface area contributed by atoms with Crippen molar-refractivity contribution in [2.24, 2.45) is 0 Å². The van der Waals surface area contributed by atoms with Gasteiger partial charge in [0.05, 0.1) is 11.0 Å². The molecule has 2 aromatic heterocycles. The second kappa shape index (κ2) is 8.27. The molecule has 1 amide bonds. The van der Waals surface area contributed by atoms with Crippen LogP contribution in [0.3, 0.4) is 0 Å². The van der Waals surface area contributed by atoms with Gasteiger partial charge >= 0.3 is 6.09 Å². The Bertz CT molecular complexity index is 1020. The summed E-state index contributed by atoms with van der Waals surface area (Å²) in [4.78, 5) is 22.5. The third kappa shape index (κ3) is 4.28. The van der Waals surface area contributed by atoms with Crippen LogP contribution in [-0.4, -0.2) is 42.7 Å². The number of nitrogens with zero attached hydrogens (tertiary/aromatic N) is 4. The molecule has 0 bridgehead atoms. The van der Waals surface area contributed by atoms with Crippen molar-refractivity contribution in [2.45, 2.75) is 65.5 Å². The third-order valence-corrected chi connectivity index (χ3v) is 5.25. The van der Waals surface area contributed by atoms with Crippen LogP contribution in [0.2, 0.25) is 0 Å². The Balaban J connectivity index is 2.01. The summed E-state index contributed by atoms with van der Waals surface area (Å²) in [6.45, 7) is 9.06. The summed E-state index contributed by atoms with van der Waals surface area (Å²) in [5.41, 5.74) is 8.38. The molecule has 3 N–H and O–H groups in total. The fraction of sp³-hybridized carbons (Fsp3) is 0.500. The lowest BCUT2D eigenvalue weighted by Gasteiger charge is -2.33. The number of benzene rings is 1. The van der Waals surface area contributed by atoms with Crippen molar-refractivity contribution in [1.82, 2.24) is 19.4 Å². The monoisotopic (exact) mass is 397 g/mol. The van der Waals surface area contributed by atoms with Crippen LogP contribution in [0.1, 0.15) is 52.8 Å². The summed E-state index contributed by atoms with van der Waals surface area (Å²) in [7, 11) is 0. The van der Waals surface area contributed by atoms with Gasteiger partial charge in [0.25, 0.3) is 0 Å². The minimum atomic E-state index is -0.891. The molecule has 3 aromatic rings. The maximum absolute atomic E-state index is 11.7. The molecule has 0 aliphatic carbocycles. The number of pyridine rings is 1. The number of fused-ring (bicyclic) bond motifs is 3. The van der Waals surface area contributed by atoms with Crippen LogP contribution in [-0.2, 0) is 13.0 Å². The fourth-order valence-electron chi connectivity index (χ4n) is 3.78. The molecule has 0 unspecified atom stereocenters. The zero-order chi connectivity index (χ0) is 21.2. The molecule has 0 saturated carbocycles. The van der Waals surface area contributed by atoms with Gasteiger partial charge in [0.15, 0.2) is 5.82 Å². The van der Waals surface area contributed by atoms with Crippen molar-refractivity contribution in [3.05, 3.63) is 30.1 Å². The van der Waals surface area contributed by atoms with Crippen LogP contribution in [0, 0.1) is 0 Å². The number of nitrogens with two attached hydrogens (primary N) is 1. The Kier molecular flexibility index (Phi) is 5.96. The second-order valence-corrected chi connectivity index (χ2v) is 8.45. The molecule has 1 aromatic carbocycles. The number of unbranched alkanes of at least 4 members (excludes halogenated alkanes) is 1. The molecule has 7 nitrogen and oxygen atoms in total. The first-order chi connectivity index (χ1) is 13.7. The number of carboxylic acid groups (broad SMARTS) is 1. The summed E-state index contributed by atoms with van der Waals surface area (Å²) >= 11 is 0. The van der Waals surface area contributed by atoms with Crippen LogP contribution in [0.25, 0.3) is 21.9 Å². The zero-order valence-corrected chi connectivity index (χ0v) is 17.8. The largest absolute Gasteiger partial charge is 0.465 e. The first kappa shape index (κ1) is 20.9. The molecule has 0 radical (unpaired) electrons. The topological polar surface area (TPSA) is 97.3 Å². The van der Waals surface area contributed by atoms with Crippen LogP contribution >= 0.6 is 0 Å². The number of para-hydroxylation sites is 1. The van der Waals surface area contributed by atoms with Gasteiger partial charge < -0.3 is 20.3 Å². The molecule has 156 valence electrons. The van der Waals surface area contributed by atoms with Crippen molar-refractivity contribution >= 4 is 33.8 Å². The van der Waals surface area contributed by atoms with Crippen LogP contribution in [0.5, 0.6) is 0 Å². The number of nitrogen functional groups attached to an aromatic ring is 1. The number of aryl methyl sites for hydroxylation is 2. The highest BCUT2D eigenvalue weighted by Gasteiger charge is 2.25. The van der Waals surface area contributed by atoms with Crippen LogP contribution in [0.4, 0.5) is 10.6 Å². The van der Waals surface area contributed by atoms with E-state index in [2.05, 4.69) is 16.5 Å². The summed E-state index contributed by atoms with van der Waals surface area (Å²) in [5.74, 6) is 1.43. The first-order valence-electron chi connectivity index (χ1n) is 10.3. The highest BCUT2D eigenvalue weighted by molar-refractivity contribution is 6.06. The van der Waals surface area contributed by atoms with E-state index in [0.29, 0.717) is 25.3 Å². The molecule has 0 fully saturated rings. The van der Waals surface area contributed by atoms with E-state index in [0.717, 1.165) is 47.0 Å². The molecule has 7 heteroatoms. The SMILES string of the molecule is CCCCc1nc2c(N)nc3ccccc3c2n1CCCN(C(=O)O)C(C)(C)C. The highest BCUT2D eigenvalue weighted by Crippen LogP contribution is 2.29. The second-order valence-electron chi connectivity index (χ2n) is 8.45. The Hall–Kier alpha value is -2.83. The summed E-state index contributed by atoms with van der Waals surface area (Å²) in [6, 6.07) is 7.95. The number of rotatable bonds is 7. The van der Waals surface area contributed by atoms with E-state index in [9.17, 15) is 9.90 Å². The molecule has 0 saturated heterocycles. The number of anilines is 1. The van der Waals surface area contributed by atoms with E-state index in [1.54, 1.807) is 0 Å². The van der Waals surface area contributed by atoms with Gasteiger partial charge in [-0.1, -0.05) is 31.5 Å². The highest BCUT2D eigenvalue weighted by atomic mass is 16.4. The third-order valence-electron chi connectivity index (χ3n) is 5.25. The average Bonchev–Trinajstić information content (AvgIpc) is 3.01. The molecule has 3 rings (SSSR count). The predicted molar refractivity (Wildman–Crippen MR) is 117 cm³/mol. The van der Waals surface area contributed by atoms with E-state index >= 15 is 0 Å². The first-order valence-corrected chi connectivity index (χ1v) is 10.3. The van der Waals surface area contributed by atoms with Gasteiger partial charge in [0, 0.05) is 30.4 Å². The van der Waals surface area contributed by atoms with E-state index < -0.39 is 11.6 Å². The number of hydrogen-bond donors (Lipinski definition) is 2. The van der Waals surface area contributed by atoms with Gasteiger partial charge in [-0.25, -0.2) is 14.8 Å². The average molecular weight is 398 g/mol. The van der Waals surface area contributed by atoms with Crippen molar-refractivity contribution in [3.8, 4) is 0 Å². The number of aromatic nitrogens is 3. The van der Waals surface area contributed by atoms with E-state index in [1.807, 2.05) is 45.0 Å². The Morgan fingerprint density at radius 1 is 1.21 bits per heavy atom. The molecule has 0 aliphatic heterocycles. The maximum Gasteiger partial charge on any atom is 0.407 e. The molecule has 0 atom stereocenters. The molecule has 2 heterocycles. The quantitative estimate of drug-likeness (QED) is 0.603. The van der Waals surface area contributed by atoms with Gasteiger partial charge in [0.2, 0.25) is 0 Å². The molecular formula is C22H31N5O2. The Morgan fingerprint density at radius 2 is 1.93 bits per heavy atom. The number of amides is 1. The molecular weight excluding hydrogens is 366 g/mol. The lowest BCUT2D eigenvalue weighted by molar-refractivity contribution is 0.0987. The molecule has 0 spiro atoms. The van der Waals surface area contributed by atoms with Crippen molar-refractivity contribution < 1.29 is 9.90 Å². The predicted octanol–water partition coefficient (Wildman–Crippen LogP) is 4.68. The van der Waals surface area contributed by atoms with Gasteiger partial charge in [-0.3, -0.25) is 0 Å². The molecule has 29 heavy (non-hydrogen) atoms. The van der Waals surface area contributed by atoms with Crippen molar-refractivity contribution in [2.75, 3.05) is 12.3 Å². The minimum absolute atomic E-state index is 0.436. The maximum atomic E-state index is 11.7. The van der Waals surface area contributed by atoms with Crippen LogP contribution < -0.4 is 5.73 Å². The van der Waals surface area contributed by atoms with E-state index in [4.69, 9.17) is 10.7 Å². The van der Waals surface area contributed by atoms with E-state index in [-0.39, 0.29) is 0 Å². The van der Waals surface area contributed by atoms with E-state index in [1.165, 1.54) is 4.90 Å². The van der Waals surface area contributed by atoms with Gasteiger partial charge in [-0.15, -0.1) is 0 Å². The Labute approximate surface area is 171 Å². The van der Waals surface area contributed by atoms with Gasteiger partial charge in [-0.05, 0) is 39.7 Å². The van der Waals surface area contributed by atoms with Crippen molar-refractivity contribution in [1.29, 1.82) is 0 Å². The number of imidazole rings is 1. The zero-order valence-electron chi connectivity index (χ0n) is 17.8. The van der Waals surface area contributed by atoms with Gasteiger partial charge in [0.1, 0.15) is 11.3 Å². The van der Waals surface area contributed by atoms with Gasteiger partial charge in [-0.2, -0.15) is 0 Å². The fourth-order valence-corrected chi connectivity index (χ4v) is 3.78. The summed E-state index contributed by atoms with van der Waals surface area (Å²) in [5, 5.41) is 10.6.